The molecule has 2 aromatic rings. The first-order valence-corrected chi connectivity index (χ1v) is 9.03. The summed E-state index contributed by atoms with van der Waals surface area (Å²) in [6.07, 6.45) is 0. The summed E-state index contributed by atoms with van der Waals surface area (Å²) in [6, 6.07) is 16.8. The highest BCUT2D eigenvalue weighted by atomic mass is 32.2. The highest BCUT2D eigenvalue weighted by molar-refractivity contribution is 8.00. The number of thioether (sulfide) groups is 1. The average Bonchev–Trinajstić information content (AvgIpc) is 2.62. The Labute approximate surface area is 146 Å². The van der Waals surface area contributed by atoms with Crippen molar-refractivity contribution in [3.05, 3.63) is 60.4 Å². The van der Waals surface area contributed by atoms with Crippen molar-refractivity contribution in [2.24, 2.45) is 0 Å². The second kappa shape index (κ2) is 7.71. The monoisotopic (exact) mass is 344 g/mol. The van der Waals surface area contributed by atoms with Gasteiger partial charge in [-0.15, -0.1) is 11.8 Å². The number of halogens is 1. The third-order valence-electron chi connectivity index (χ3n) is 4.19. The summed E-state index contributed by atoms with van der Waals surface area (Å²) in [6.45, 7) is 4.54. The maximum Gasteiger partial charge on any atom is 0.235 e. The van der Waals surface area contributed by atoms with E-state index in [-0.39, 0.29) is 17.0 Å². The van der Waals surface area contributed by atoms with E-state index in [1.54, 1.807) is 23.9 Å². The molecule has 1 aliphatic rings. The lowest BCUT2D eigenvalue weighted by atomic mass is 10.2. The van der Waals surface area contributed by atoms with Crippen molar-refractivity contribution in [2.45, 2.75) is 17.1 Å². The lowest BCUT2D eigenvalue weighted by Gasteiger charge is -2.37. The van der Waals surface area contributed by atoms with Crippen molar-refractivity contribution in [1.29, 1.82) is 0 Å². The van der Waals surface area contributed by atoms with Crippen LogP contribution in [0.25, 0.3) is 0 Å². The van der Waals surface area contributed by atoms with Gasteiger partial charge in [0.05, 0.1) is 10.9 Å². The summed E-state index contributed by atoms with van der Waals surface area (Å²) in [4.78, 5) is 17.6. The molecule has 1 atom stereocenters. The Kier molecular flexibility index (Phi) is 5.41. The van der Waals surface area contributed by atoms with Gasteiger partial charge >= 0.3 is 0 Å². The van der Waals surface area contributed by atoms with Crippen LogP contribution in [0.1, 0.15) is 6.92 Å². The minimum atomic E-state index is -0.203. The first-order chi connectivity index (χ1) is 11.6. The number of benzene rings is 2. The number of hydrogen-bond acceptors (Lipinski definition) is 3. The van der Waals surface area contributed by atoms with Crippen molar-refractivity contribution in [1.82, 2.24) is 4.90 Å². The number of nitrogens with zero attached hydrogens (tertiary/aromatic N) is 2. The molecule has 0 aliphatic carbocycles. The Balaban J connectivity index is 1.56. The first-order valence-electron chi connectivity index (χ1n) is 8.15. The standard InChI is InChI=1S/C19H21FN2OS/c1-15(24-16-7-3-2-4-8-16)19(23)22-13-11-21(12-14-22)18-10-6-5-9-17(18)20/h2-10,15H,11-14H2,1H3. The number of carbonyl (C=O) groups excluding carboxylic acids is 1. The van der Waals surface area contributed by atoms with E-state index in [1.165, 1.54) is 6.07 Å². The van der Waals surface area contributed by atoms with Gasteiger partial charge in [-0.05, 0) is 31.2 Å². The van der Waals surface area contributed by atoms with Gasteiger partial charge in [-0.2, -0.15) is 0 Å². The van der Waals surface area contributed by atoms with Gasteiger partial charge in [-0.25, -0.2) is 4.39 Å². The topological polar surface area (TPSA) is 23.6 Å². The molecule has 1 aliphatic heterocycles. The van der Waals surface area contributed by atoms with Crippen molar-refractivity contribution in [2.75, 3.05) is 31.1 Å². The quantitative estimate of drug-likeness (QED) is 0.791. The van der Waals surface area contributed by atoms with E-state index in [0.29, 0.717) is 31.9 Å². The minimum absolute atomic E-state index is 0.118. The largest absolute Gasteiger partial charge is 0.366 e. The van der Waals surface area contributed by atoms with E-state index in [1.807, 2.05) is 53.1 Å². The van der Waals surface area contributed by atoms with E-state index in [0.717, 1.165) is 4.90 Å². The molecule has 2 aromatic carbocycles. The number of amides is 1. The third kappa shape index (κ3) is 3.90. The number of piperazine rings is 1. The Morgan fingerprint density at radius 3 is 2.29 bits per heavy atom. The molecule has 0 aromatic heterocycles. The van der Waals surface area contributed by atoms with E-state index in [2.05, 4.69) is 0 Å². The average molecular weight is 344 g/mol. The number of anilines is 1. The molecule has 1 heterocycles. The van der Waals surface area contributed by atoms with Crippen molar-refractivity contribution >= 4 is 23.4 Å². The molecular formula is C19H21FN2OS. The fraction of sp³-hybridized carbons (Fsp3) is 0.316. The summed E-state index contributed by atoms with van der Waals surface area (Å²) in [5.74, 6) is -0.0534. The van der Waals surface area contributed by atoms with Gasteiger partial charge in [0.1, 0.15) is 5.82 Å². The molecule has 1 amide bonds. The van der Waals surface area contributed by atoms with Crippen LogP contribution < -0.4 is 4.90 Å². The van der Waals surface area contributed by atoms with Gasteiger partial charge in [0.15, 0.2) is 0 Å². The van der Waals surface area contributed by atoms with E-state index >= 15 is 0 Å². The Bertz CT molecular complexity index is 687. The molecule has 0 saturated carbocycles. The van der Waals surface area contributed by atoms with Crippen LogP contribution in [0.3, 0.4) is 0 Å². The summed E-state index contributed by atoms with van der Waals surface area (Å²) >= 11 is 1.58. The van der Waals surface area contributed by atoms with E-state index in [9.17, 15) is 9.18 Å². The predicted molar refractivity (Wildman–Crippen MR) is 97.0 cm³/mol. The highest BCUT2D eigenvalue weighted by Crippen LogP contribution is 2.25. The van der Waals surface area contributed by atoms with Crippen molar-refractivity contribution < 1.29 is 9.18 Å². The lowest BCUT2D eigenvalue weighted by molar-refractivity contribution is -0.130. The van der Waals surface area contributed by atoms with Crippen LogP contribution in [0.2, 0.25) is 0 Å². The van der Waals surface area contributed by atoms with Crippen LogP contribution in [0.5, 0.6) is 0 Å². The van der Waals surface area contributed by atoms with Gasteiger partial charge < -0.3 is 9.80 Å². The third-order valence-corrected chi connectivity index (χ3v) is 5.29. The zero-order valence-electron chi connectivity index (χ0n) is 13.7. The number of para-hydroxylation sites is 1. The molecule has 3 rings (SSSR count). The molecule has 1 unspecified atom stereocenters. The second-order valence-corrected chi connectivity index (χ2v) is 7.25. The van der Waals surface area contributed by atoms with Gasteiger partial charge in [0.25, 0.3) is 0 Å². The first kappa shape index (κ1) is 16.8. The molecule has 3 nitrogen and oxygen atoms in total. The maximum absolute atomic E-state index is 13.9. The molecule has 0 spiro atoms. The smallest absolute Gasteiger partial charge is 0.235 e. The summed E-state index contributed by atoms with van der Waals surface area (Å²) in [7, 11) is 0. The number of carbonyl (C=O) groups is 1. The molecule has 0 radical (unpaired) electrons. The van der Waals surface area contributed by atoms with Crippen LogP contribution in [0.15, 0.2) is 59.5 Å². The van der Waals surface area contributed by atoms with Crippen molar-refractivity contribution in [3.8, 4) is 0 Å². The SMILES string of the molecule is CC(Sc1ccccc1)C(=O)N1CCN(c2ccccc2F)CC1. The molecular weight excluding hydrogens is 323 g/mol. The number of rotatable bonds is 4. The van der Waals surface area contributed by atoms with E-state index in [4.69, 9.17) is 0 Å². The molecule has 1 saturated heterocycles. The normalized spacial score (nSPS) is 16.1. The Hall–Kier alpha value is -2.01. The molecule has 5 heteroatoms. The zero-order chi connectivity index (χ0) is 16.9. The lowest BCUT2D eigenvalue weighted by Crippen LogP contribution is -2.50. The molecule has 0 bridgehead atoms. The molecule has 24 heavy (non-hydrogen) atoms. The summed E-state index contributed by atoms with van der Waals surface area (Å²) in [5, 5.41) is -0.118. The summed E-state index contributed by atoms with van der Waals surface area (Å²) < 4.78 is 13.9. The van der Waals surface area contributed by atoms with Crippen LogP contribution in [-0.2, 0) is 4.79 Å². The molecule has 1 fully saturated rings. The molecule has 126 valence electrons. The fourth-order valence-corrected chi connectivity index (χ4v) is 3.86. The van der Waals surface area contributed by atoms with Gasteiger partial charge in [0.2, 0.25) is 5.91 Å². The zero-order valence-corrected chi connectivity index (χ0v) is 14.5. The van der Waals surface area contributed by atoms with Crippen molar-refractivity contribution in [3.63, 3.8) is 0 Å². The maximum atomic E-state index is 13.9. The second-order valence-electron chi connectivity index (χ2n) is 5.84. The highest BCUT2D eigenvalue weighted by Gasteiger charge is 2.26. The van der Waals surface area contributed by atoms with Crippen LogP contribution in [-0.4, -0.2) is 42.2 Å². The van der Waals surface area contributed by atoms with Crippen LogP contribution in [0, 0.1) is 5.82 Å². The fourth-order valence-electron chi connectivity index (χ4n) is 2.89. The predicted octanol–water partition coefficient (Wildman–Crippen LogP) is 3.66. The summed E-state index contributed by atoms with van der Waals surface area (Å²) in [5.41, 5.74) is 0.622. The minimum Gasteiger partial charge on any atom is -0.366 e. The Morgan fingerprint density at radius 2 is 1.62 bits per heavy atom. The van der Waals surface area contributed by atoms with Gasteiger partial charge in [-0.3, -0.25) is 4.79 Å². The molecule has 0 N–H and O–H groups in total. The van der Waals surface area contributed by atoms with E-state index < -0.39 is 0 Å². The number of hydrogen-bond donors (Lipinski definition) is 0. The van der Waals surface area contributed by atoms with Gasteiger partial charge in [0, 0.05) is 31.1 Å². The Morgan fingerprint density at radius 1 is 1.00 bits per heavy atom. The van der Waals surface area contributed by atoms with Gasteiger partial charge in [-0.1, -0.05) is 30.3 Å². The van der Waals surface area contributed by atoms with Crippen LogP contribution in [0.4, 0.5) is 10.1 Å². The van der Waals surface area contributed by atoms with Crippen LogP contribution >= 0.6 is 11.8 Å².